The van der Waals surface area contributed by atoms with Crippen LogP contribution in [-0.4, -0.2) is 285 Å². The van der Waals surface area contributed by atoms with E-state index in [-0.39, 0.29) is 165 Å². The van der Waals surface area contributed by atoms with Crippen LogP contribution in [0.25, 0.3) is 32.7 Å². The van der Waals surface area contributed by atoms with E-state index in [0.717, 1.165) is 17.8 Å². The number of carbonyl (C=O) groups is 17. The Morgan fingerprint density at radius 3 is 0.986 bits per heavy atom. The van der Waals surface area contributed by atoms with Gasteiger partial charge < -0.3 is 162 Å². The Hall–Kier alpha value is -15.7. The molecule has 51 heteroatoms. The maximum absolute atomic E-state index is 15.4. The Morgan fingerprint density at radius 1 is 0.333 bits per heavy atom. The monoisotopic (exact) mass is 2010 g/mol. The number of nitrogens with two attached hydrogens (primary N) is 9. The fourth-order valence-electron chi connectivity index (χ4n) is 15.5. The first-order valence-corrected chi connectivity index (χ1v) is 47.4. The lowest BCUT2D eigenvalue weighted by Crippen LogP contribution is -2.62. The van der Waals surface area contributed by atoms with Gasteiger partial charge in [-0.25, -0.2) is 4.79 Å². The van der Waals surface area contributed by atoms with Gasteiger partial charge in [0.15, 0.2) is 23.8 Å². The zero-order chi connectivity index (χ0) is 107. The Balaban J connectivity index is 1.23. The predicted molar refractivity (Wildman–Crippen MR) is 536 cm³/mol. The number of benzene rings is 3. The summed E-state index contributed by atoms with van der Waals surface area (Å²) in [5, 5.41) is 71.7. The molecular weight excluding hydrogens is 1870 g/mol. The first kappa shape index (κ1) is 117. The second-order valence-electron chi connectivity index (χ2n) is 35.8. The topological polar surface area (TPSA) is 862 Å². The van der Waals surface area contributed by atoms with Crippen LogP contribution in [0.1, 0.15) is 162 Å². The molecule has 144 heavy (non-hydrogen) atoms. The van der Waals surface area contributed by atoms with Crippen molar-refractivity contribution in [1.29, 1.82) is 0 Å². The lowest BCUT2D eigenvalue weighted by atomic mass is 10.0. The molecule has 0 fully saturated rings. The van der Waals surface area contributed by atoms with Gasteiger partial charge in [-0.05, 0) is 158 Å². The van der Waals surface area contributed by atoms with Gasteiger partial charge in [-0.3, -0.25) is 96.7 Å². The van der Waals surface area contributed by atoms with Crippen LogP contribution in [-0.2, 0) is 101 Å². The summed E-state index contributed by atoms with van der Waals surface area (Å²) in [6.45, 7) is 10.9. The summed E-state index contributed by atoms with van der Waals surface area (Å²) in [7, 11) is 0. The summed E-state index contributed by atoms with van der Waals surface area (Å²) < 4.78 is 0. The number of nitrogens with zero attached hydrogens (tertiary/aromatic N) is 4. The average molecular weight is 2010 g/mol. The number of aromatic nitrogens is 3. The minimum absolute atomic E-state index is 0.0337. The molecule has 15 atom stereocenters. The number of hydrogen-bond donors (Lipinski definition) is 30. The summed E-state index contributed by atoms with van der Waals surface area (Å²) in [6, 6.07) is -0.611. The van der Waals surface area contributed by atoms with Crippen molar-refractivity contribution < 1.29 is 96.8 Å². The van der Waals surface area contributed by atoms with Gasteiger partial charge in [-0.2, -0.15) is 0 Å². The standard InChI is InChI=1S/C93H141N31O20/c1-47(2)37-67(78(132)110-46-73(127)114-68(38-48(3)4)83(137)112-49(5)76(130)119-66(89(143)144)31-20-36-106-93(101)102)121-81(135)62(27-15-16-32-94)116-86(140)72(42-74(128)129)120-77(131)50(6)111-79(133)63(28-17-33-103-90(95)96)117-85(139)70(40-54-44-108-60-25-13-10-22-57(54)60)122-82(136)64(29-18-34-104-91(97)98)115-80(134)65(30-19-35-105-92(99)100)118-88(142)75(51(7)125)124-87(141)71(41-55-45-109-61-26-14-11-23-58(55)61)123-84(138)69(113-52(8)126)39-53-43-107-59-24-12-9-21-56(53)59/h9-14,21-26,43-45,47-51,62-72,75,107-109,125H,15-20,27-42,46,94H2,1-8H3,(H,110,132)(H,111,133)(H,112,137)(H,113,126)(H,114,127)(H,115,134)(H,116,140)(H,117,139)(H,118,142)(H,119,130)(H,120,131)(H,121,135)(H,122,136)(H,123,138)(H,124,141)(H,128,129)(H,143,144)(H4,95,96,103)(H4,97,98,104)(H4,99,100,105)(H4,101,102,106)/t49-,50-,51+,62-,63-,64-,65-,66-,67-,68-,69-,70-,71-,72-,75-/m0/s1. The number of nitrogens with one attached hydrogen (secondary N) is 18. The molecule has 3 aromatic carbocycles. The lowest BCUT2D eigenvalue weighted by molar-refractivity contribution is -0.142. The van der Waals surface area contributed by atoms with Crippen LogP contribution in [0.3, 0.4) is 0 Å². The van der Waals surface area contributed by atoms with Gasteiger partial charge in [0, 0.05) is 104 Å². The number of aliphatic hydroxyl groups excluding tert-OH is 1. The lowest BCUT2D eigenvalue weighted by Gasteiger charge is -2.29. The molecule has 0 aliphatic heterocycles. The Morgan fingerprint density at radius 2 is 0.632 bits per heavy atom. The van der Waals surface area contributed by atoms with E-state index in [1.807, 2.05) is 18.2 Å². The third-order valence-corrected chi connectivity index (χ3v) is 22.8. The molecule has 0 saturated carbocycles. The van der Waals surface area contributed by atoms with Crippen LogP contribution in [0.4, 0.5) is 0 Å². The number of unbranched alkanes of at least 4 members (excludes halogenated alkanes) is 1. The molecule has 0 aliphatic rings. The van der Waals surface area contributed by atoms with Gasteiger partial charge in [0.2, 0.25) is 88.6 Å². The second kappa shape index (κ2) is 59.1. The Labute approximate surface area is 830 Å². The Bertz CT molecular complexity index is 5520. The first-order valence-electron chi connectivity index (χ1n) is 47.4. The summed E-state index contributed by atoms with van der Waals surface area (Å²) in [5.74, 6) is -19.3. The van der Waals surface area contributed by atoms with Crippen LogP contribution in [0, 0.1) is 11.8 Å². The van der Waals surface area contributed by atoms with Gasteiger partial charge >= 0.3 is 11.9 Å². The van der Waals surface area contributed by atoms with E-state index in [1.54, 1.807) is 101 Å². The van der Waals surface area contributed by atoms with Crippen LogP contribution in [0.15, 0.2) is 111 Å². The summed E-state index contributed by atoms with van der Waals surface area (Å²) in [5.41, 5.74) is 54.3. The molecule has 0 saturated heterocycles. The van der Waals surface area contributed by atoms with Crippen molar-refractivity contribution in [2.24, 2.45) is 83.4 Å². The quantitative estimate of drug-likeness (QED) is 0.00962. The number of amides is 15. The smallest absolute Gasteiger partial charge is 0.326 e. The zero-order valence-electron chi connectivity index (χ0n) is 82.0. The van der Waals surface area contributed by atoms with Crippen LogP contribution >= 0.6 is 0 Å². The van der Waals surface area contributed by atoms with E-state index in [0.29, 0.717) is 44.9 Å². The minimum atomic E-state index is -1.99. The first-order chi connectivity index (χ1) is 68.2. The molecule has 6 rings (SSSR count). The maximum Gasteiger partial charge on any atom is 0.326 e. The van der Waals surface area contributed by atoms with Gasteiger partial charge in [0.1, 0.15) is 84.6 Å². The molecular formula is C93H141N31O20. The van der Waals surface area contributed by atoms with Gasteiger partial charge in [-0.1, -0.05) is 82.3 Å². The summed E-state index contributed by atoms with van der Waals surface area (Å²) >= 11 is 0. The fourth-order valence-corrected chi connectivity index (χ4v) is 15.5. The number of hydrogen-bond acceptors (Lipinski definition) is 23. The molecule has 6 aromatic rings. The third kappa shape index (κ3) is 40.1. The number of H-pyrrole nitrogens is 3. The average Bonchev–Trinajstić information content (AvgIpc) is 1.65. The number of aliphatic carboxylic acids is 2. The molecule has 15 amide bonds. The van der Waals surface area contributed by atoms with E-state index in [9.17, 15) is 82.4 Å². The van der Waals surface area contributed by atoms with Crippen molar-refractivity contribution in [3.8, 4) is 0 Å². The zero-order valence-corrected chi connectivity index (χ0v) is 82.0. The Kier molecular flexibility index (Phi) is 48.0. The normalized spacial score (nSPS) is 14.3. The molecule has 0 bridgehead atoms. The largest absolute Gasteiger partial charge is 0.481 e. The maximum atomic E-state index is 15.4. The molecule has 0 aliphatic carbocycles. The van der Waals surface area contributed by atoms with Gasteiger partial charge in [-0.15, -0.1) is 0 Å². The second-order valence-corrected chi connectivity index (χ2v) is 35.8. The molecule has 3 heterocycles. The highest BCUT2D eigenvalue weighted by Crippen LogP contribution is 2.25. The summed E-state index contributed by atoms with van der Waals surface area (Å²) in [4.78, 5) is 265. The number of aliphatic imine (C=N–C) groups is 4. The van der Waals surface area contributed by atoms with Crippen molar-refractivity contribution in [2.45, 2.75) is 255 Å². The van der Waals surface area contributed by atoms with Crippen LogP contribution in [0.5, 0.6) is 0 Å². The fraction of sp³-hybridized carbons (Fsp3) is 0.516. The van der Waals surface area contributed by atoms with E-state index in [1.165, 1.54) is 20.8 Å². The van der Waals surface area contributed by atoms with Crippen molar-refractivity contribution in [1.82, 2.24) is 94.7 Å². The molecule has 0 radical (unpaired) electrons. The number of carbonyl (C=O) groups excluding carboxylic acids is 15. The molecule has 3 aromatic heterocycles. The third-order valence-electron chi connectivity index (χ3n) is 22.8. The number of carboxylic acid groups (broad SMARTS) is 2. The molecule has 0 unspecified atom stereocenters. The van der Waals surface area contributed by atoms with Gasteiger partial charge in [0.25, 0.3) is 0 Å². The van der Waals surface area contributed by atoms with Crippen molar-refractivity contribution in [3.05, 3.63) is 108 Å². The van der Waals surface area contributed by atoms with Crippen molar-refractivity contribution in [2.75, 3.05) is 39.3 Å². The number of aliphatic hydroxyl groups is 1. The molecule has 788 valence electrons. The van der Waals surface area contributed by atoms with E-state index in [2.05, 4.69) is 115 Å². The number of rotatable bonds is 63. The van der Waals surface area contributed by atoms with E-state index < -0.39 is 204 Å². The highest BCUT2D eigenvalue weighted by Gasteiger charge is 2.40. The van der Waals surface area contributed by atoms with Crippen molar-refractivity contribution >= 4 is 157 Å². The number of para-hydroxylation sites is 3. The highest BCUT2D eigenvalue weighted by molar-refractivity contribution is 6.02. The predicted octanol–water partition coefficient (Wildman–Crippen LogP) is -5.50. The number of carboxylic acids is 2. The SMILES string of the molecule is CC(=O)N[C@@H](Cc1c[nH]c2ccccc12)C(=O)N[C@@H](Cc1c[nH]c2ccccc12)C(=O)N[C@H](C(=O)N[C@@H](CCCN=C(N)N)C(=O)N[C@@H](CCCN=C(N)N)C(=O)N[C@@H](Cc1c[nH]c2ccccc12)C(=O)N[C@@H](CCCN=C(N)N)C(=O)N[C@@H](C)C(=O)N[C@@H](CC(=O)O)C(=O)N[C@@H](CCCCN)C(=O)N[C@@H](CC(C)C)C(=O)NCC(=O)N[C@@H](CC(C)C)C(=O)N[C@@H](C)C(=O)N[C@@H](CCCN=C(N)N)C(=O)O)[C@@H](C)O. The molecule has 0 spiro atoms. The van der Waals surface area contributed by atoms with Crippen LogP contribution in [0.2, 0.25) is 0 Å². The number of fused-ring (bicyclic) bond motifs is 3. The van der Waals surface area contributed by atoms with E-state index >= 15 is 14.4 Å². The van der Waals surface area contributed by atoms with E-state index in [4.69, 9.17) is 51.6 Å². The number of aromatic amines is 3. The minimum Gasteiger partial charge on any atom is -0.481 e. The number of guanidine groups is 4. The molecule has 39 N–H and O–H groups in total. The van der Waals surface area contributed by atoms with Gasteiger partial charge in [0.05, 0.1) is 19.1 Å². The van der Waals surface area contributed by atoms with Crippen LogP contribution < -0.4 is 131 Å². The summed E-state index contributed by atoms with van der Waals surface area (Å²) in [6.07, 6.45) is 0.865. The molecule has 51 nitrogen and oxygen atoms in total. The van der Waals surface area contributed by atoms with Crippen molar-refractivity contribution in [3.63, 3.8) is 0 Å². The highest BCUT2D eigenvalue weighted by atomic mass is 16.4.